The van der Waals surface area contributed by atoms with Crippen LogP contribution in [0, 0.1) is 5.92 Å². The van der Waals surface area contributed by atoms with Gasteiger partial charge in [-0.05, 0) is 29.9 Å². The number of nitrogens with zero attached hydrogens (tertiary/aromatic N) is 1. The highest BCUT2D eigenvalue weighted by atomic mass is 15.3. The molecule has 2 unspecified atom stereocenters. The van der Waals surface area contributed by atoms with Crippen LogP contribution >= 0.6 is 0 Å². The van der Waals surface area contributed by atoms with Gasteiger partial charge < -0.3 is 10.4 Å². The van der Waals surface area contributed by atoms with Crippen molar-refractivity contribution < 1.29 is 0 Å². The lowest BCUT2D eigenvalue weighted by molar-refractivity contribution is 0.619. The first kappa shape index (κ1) is 14.3. The smallest absolute Gasteiger partial charge is 0.0739 e. The van der Waals surface area contributed by atoms with E-state index in [0.29, 0.717) is 17.9 Å². The monoisotopic (exact) mass is 305 g/mol. The number of nitrogens with one attached hydrogen (secondary N) is 2. The normalized spacial score (nSPS) is 22.5. The Labute approximate surface area is 137 Å². The second-order valence-corrected chi connectivity index (χ2v) is 6.79. The fraction of sp³-hybridized carbons (Fsp3) is 0.350. The minimum Gasteiger partial charge on any atom is -0.361 e. The van der Waals surface area contributed by atoms with Crippen LogP contribution < -0.4 is 5.43 Å². The van der Waals surface area contributed by atoms with E-state index in [9.17, 15) is 0 Å². The third kappa shape index (κ3) is 2.50. The van der Waals surface area contributed by atoms with E-state index < -0.39 is 0 Å². The maximum atomic E-state index is 4.56. The molecule has 0 saturated heterocycles. The van der Waals surface area contributed by atoms with Crippen molar-refractivity contribution in [2.24, 2.45) is 11.0 Å². The molecule has 2 aromatic rings. The number of aromatic amines is 1. The summed E-state index contributed by atoms with van der Waals surface area (Å²) in [5, 5.41) is 5.93. The highest BCUT2D eigenvalue weighted by Gasteiger charge is 2.28. The van der Waals surface area contributed by atoms with E-state index in [2.05, 4.69) is 78.1 Å². The van der Waals surface area contributed by atoms with Crippen molar-refractivity contribution in [1.29, 1.82) is 0 Å². The van der Waals surface area contributed by atoms with E-state index in [1.165, 1.54) is 27.7 Å². The van der Waals surface area contributed by atoms with Crippen molar-refractivity contribution in [3.05, 3.63) is 59.8 Å². The molecule has 0 spiro atoms. The second-order valence-electron chi connectivity index (χ2n) is 6.79. The number of rotatable bonds is 4. The molecule has 2 aliphatic rings. The Balaban J connectivity index is 1.55. The van der Waals surface area contributed by atoms with Crippen LogP contribution in [0.25, 0.3) is 10.9 Å². The molecule has 0 amide bonds. The zero-order valence-corrected chi connectivity index (χ0v) is 13.7. The van der Waals surface area contributed by atoms with Gasteiger partial charge in [0.25, 0.3) is 0 Å². The Morgan fingerprint density at radius 2 is 2.00 bits per heavy atom. The Morgan fingerprint density at radius 1 is 1.13 bits per heavy atom. The molecular weight excluding hydrogens is 282 g/mol. The van der Waals surface area contributed by atoms with Gasteiger partial charge in [0.05, 0.1) is 6.04 Å². The number of hydrogen-bond acceptors (Lipinski definition) is 2. The minimum atomic E-state index is 0.351. The molecule has 2 heterocycles. The van der Waals surface area contributed by atoms with Gasteiger partial charge in [0.2, 0.25) is 0 Å². The summed E-state index contributed by atoms with van der Waals surface area (Å²) in [6, 6.07) is 6.99. The van der Waals surface area contributed by atoms with Gasteiger partial charge >= 0.3 is 0 Å². The molecule has 1 aromatic carbocycles. The molecule has 0 saturated carbocycles. The number of para-hydroxylation sites is 1. The molecule has 0 radical (unpaired) electrons. The number of hydrazone groups is 1. The lowest BCUT2D eigenvalue weighted by atomic mass is 9.89. The molecular formula is C20H23N3. The summed E-state index contributed by atoms with van der Waals surface area (Å²) in [5.41, 5.74) is 8.59. The SMILES string of the molecule is CC(C)c1c[nH]c2c(CCC3=NNC4C=CC=CC34)cccc12. The average Bonchev–Trinajstić information content (AvgIpc) is 3.17. The molecule has 1 aliphatic carbocycles. The number of H-pyrrole nitrogens is 1. The van der Waals surface area contributed by atoms with Gasteiger partial charge in [0.15, 0.2) is 0 Å². The van der Waals surface area contributed by atoms with E-state index in [1.54, 1.807) is 0 Å². The van der Waals surface area contributed by atoms with Crippen LogP contribution in [-0.4, -0.2) is 16.7 Å². The zero-order chi connectivity index (χ0) is 15.8. The summed E-state index contributed by atoms with van der Waals surface area (Å²) in [4.78, 5) is 3.49. The molecule has 2 atom stereocenters. The molecule has 2 N–H and O–H groups in total. The van der Waals surface area contributed by atoms with E-state index >= 15 is 0 Å². The molecule has 118 valence electrons. The summed E-state index contributed by atoms with van der Waals surface area (Å²) in [5.74, 6) is 0.969. The number of fused-ring (bicyclic) bond motifs is 2. The molecule has 3 heteroatoms. The average molecular weight is 305 g/mol. The lowest BCUT2D eigenvalue weighted by Gasteiger charge is -2.16. The third-order valence-electron chi connectivity index (χ3n) is 4.98. The van der Waals surface area contributed by atoms with Crippen molar-refractivity contribution in [2.45, 2.75) is 38.6 Å². The quantitative estimate of drug-likeness (QED) is 0.869. The largest absolute Gasteiger partial charge is 0.361 e. The lowest BCUT2D eigenvalue weighted by Crippen LogP contribution is -2.27. The first-order chi connectivity index (χ1) is 11.2. The highest BCUT2D eigenvalue weighted by molar-refractivity contribution is 5.92. The summed E-state index contributed by atoms with van der Waals surface area (Å²) in [6.07, 6.45) is 12.9. The molecule has 1 aromatic heterocycles. The number of aryl methyl sites for hydroxylation is 1. The summed E-state index contributed by atoms with van der Waals surface area (Å²) >= 11 is 0. The van der Waals surface area contributed by atoms with Crippen molar-refractivity contribution >= 4 is 16.6 Å². The van der Waals surface area contributed by atoms with Gasteiger partial charge in [-0.1, -0.05) is 56.4 Å². The molecule has 23 heavy (non-hydrogen) atoms. The Bertz CT molecular complexity index is 807. The van der Waals surface area contributed by atoms with Crippen LogP contribution in [0.15, 0.2) is 53.8 Å². The number of aromatic nitrogens is 1. The van der Waals surface area contributed by atoms with Gasteiger partial charge in [-0.3, -0.25) is 0 Å². The van der Waals surface area contributed by atoms with Gasteiger partial charge in [0.1, 0.15) is 0 Å². The van der Waals surface area contributed by atoms with Crippen LogP contribution in [-0.2, 0) is 6.42 Å². The zero-order valence-electron chi connectivity index (χ0n) is 13.7. The second kappa shape index (κ2) is 5.73. The van der Waals surface area contributed by atoms with Gasteiger partial charge in [-0.25, -0.2) is 0 Å². The van der Waals surface area contributed by atoms with Crippen molar-refractivity contribution in [1.82, 2.24) is 10.4 Å². The van der Waals surface area contributed by atoms with Gasteiger partial charge in [-0.15, -0.1) is 0 Å². The summed E-state index contributed by atoms with van der Waals surface area (Å²) < 4.78 is 0. The van der Waals surface area contributed by atoms with Crippen molar-refractivity contribution in [2.75, 3.05) is 0 Å². The van der Waals surface area contributed by atoms with Crippen molar-refractivity contribution in [3.8, 4) is 0 Å². The maximum absolute atomic E-state index is 4.56. The van der Waals surface area contributed by atoms with Gasteiger partial charge in [-0.2, -0.15) is 5.10 Å². The molecule has 1 aliphatic heterocycles. The first-order valence-corrected chi connectivity index (χ1v) is 8.50. The minimum absolute atomic E-state index is 0.351. The fourth-order valence-corrected chi connectivity index (χ4v) is 3.69. The van der Waals surface area contributed by atoms with Gasteiger partial charge in [0, 0.05) is 28.7 Å². The topological polar surface area (TPSA) is 40.2 Å². The first-order valence-electron chi connectivity index (χ1n) is 8.50. The van der Waals surface area contributed by atoms with E-state index in [1.807, 2.05) is 0 Å². The third-order valence-corrected chi connectivity index (χ3v) is 4.98. The number of hydrogen-bond donors (Lipinski definition) is 2. The molecule has 4 rings (SSSR count). The van der Waals surface area contributed by atoms with E-state index in [-0.39, 0.29) is 0 Å². The molecule has 0 fully saturated rings. The fourth-order valence-electron chi connectivity index (χ4n) is 3.69. The van der Waals surface area contributed by atoms with Crippen LogP contribution in [0.2, 0.25) is 0 Å². The molecule has 0 bridgehead atoms. The maximum Gasteiger partial charge on any atom is 0.0739 e. The predicted molar refractivity (Wildman–Crippen MR) is 96.8 cm³/mol. The Morgan fingerprint density at radius 3 is 2.87 bits per heavy atom. The summed E-state index contributed by atoms with van der Waals surface area (Å²) in [7, 11) is 0. The Kier molecular flexibility index (Phi) is 3.56. The van der Waals surface area contributed by atoms with Crippen LogP contribution in [0.3, 0.4) is 0 Å². The Hall–Kier alpha value is -2.29. The number of allylic oxidation sites excluding steroid dienone is 2. The standard InChI is InChI=1S/C20H23N3/c1-13(2)17-12-21-20-14(6-5-8-15(17)20)10-11-19-16-7-3-4-9-18(16)22-23-19/h3-9,12-13,16,18,21-22H,10-11H2,1-2H3. The van der Waals surface area contributed by atoms with E-state index in [4.69, 9.17) is 0 Å². The summed E-state index contributed by atoms with van der Waals surface area (Å²) in [6.45, 7) is 4.49. The number of benzene rings is 1. The van der Waals surface area contributed by atoms with Crippen LogP contribution in [0.1, 0.15) is 37.3 Å². The van der Waals surface area contributed by atoms with Crippen LogP contribution in [0.5, 0.6) is 0 Å². The molecule has 3 nitrogen and oxygen atoms in total. The predicted octanol–water partition coefficient (Wildman–Crippen LogP) is 4.29. The van der Waals surface area contributed by atoms with E-state index in [0.717, 1.165) is 12.8 Å². The van der Waals surface area contributed by atoms with Crippen molar-refractivity contribution in [3.63, 3.8) is 0 Å². The van der Waals surface area contributed by atoms with Crippen LogP contribution in [0.4, 0.5) is 0 Å². The highest BCUT2D eigenvalue weighted by Crippen LogP contribution is 2.29.